The van der Waals surface area contributed by atoms with E-state index in [1.807, 2.05) is 0 Å². The summed E-state index contributed by atoms with van der Waals surface area (Å²) in [6.45, 7) is 0. The number of nitrogens with one attached hydrogen (secondary N) is 2. The number of hydrogen-bond acceptors (Lipinski definition) is 5. The van der Waals surface area contributed by atoms with Crippen LogP contribution in [-0.4, -0.2) is 30.1 Å². The molecule has 1 fully saturated rings. The number of aromatic nitrogens is 1. The molecule has 0 spiro atoms. The lowest BCUT2D eigenvalue weighted by molar-refractivity contribution is 0.0932. The summed E-state index contributed by atoms with van der Waals surface area (Å²) < 4.78 is 32.9. The van der Waals surface area contributed by atoms with Crippen molar-refractivity contribution in [1.29, 1.82) is 0 Å². The Morgan fingerprint density at radius 2 is 1.89 bits per heavy atom. The second kappa shape index (κ2) is 7.71. The summed E-state index contributed by atoms with van der Waals surface area (Å²) >= 11 is 1.38. The molecule has 0 aliphatic heterocycles. The largest absolute Gasteiger partial charge is 0.496 e. The lowest BCUT2D eigenvalue weighted by Crippen LogP contribution is -2.43. The molecule has 3 aromatic rings. The van der Waals surface area contributed by atoms with E-state index in [0.29, 0.717) is 10.9 Å². The van der Waals surface area contributed by atoms with Gasteiger partial charge in [0.15, 0.2) is 5.13 Å². The van der Waals surface area contributed by atoms with Crippen LogP contribution in [0.4, 0.5) is 13.9 Å². The van der Waals surface area contributed by atoms with Gasteiger partial charge in [0.2, 0.25) is 0 Å². The highest BCUT2D eigenvalue weighted by molar-refractivity contribution is 7.22. The third kappa shape index (κ3) is 3.77. The molecule has 1 aliphatic carbocycles. The van der Waals surface area contributed by atoms with Crippen LogP contribution in [0.25, 0.3) is 10.2 Å². The van der Waals surface area contributed by atoms with Gasteiger partial charge in [-0.05, 0) is 55.7 Å². The fourth-order valence-electron chi connectivity index (χ4n) is 3.53. The van der Waals surface area contributed by atoms with Crippen molar-refractivity contribution in [2.45, 2.75) is 31.3 Å². The maximum atomic E-state index is 13.6. The van der Waals surface area contributed by atoms with Gasteiger partial charge in [-0.1, -0.05) is 11.3 Å². The lowest BCUT2D eigenvalue weighted by atomic mass is 10.1. The maximum absolute atomic E-state index is 13.6. The number of rotatable bonds is 5. The van der Waals surface area contributed by atoms with Crippen LogP contribution in [0.1, 0.15) is 29.6 Å². The van der Waals surface area contributed by atoms with E-state index in [1.165, 1.54) is 48.8 Å². The fraction of sp³-hybridized carbons (Fsp3) is 0.300. The molecule has 0 bridgehead atoms. The number of fused-ring (bicyclic) bond motifs is 1. The topological polar surface area (TPSA) is 63.2 Å². The summed E-state index contributed by atoms with van der Waals surface area (Å²) in [4.78, 5) is 17.2. The Balaban J connectivity index is 1.48. The molecule has 1 saturated carbocycles. The van der Waals surface area contributed by atoms with Gasteiger partial charge in [0, 0.05) is 12.1 Å². The summed E-state index contributed by atoms with van der Waals surface area (Å²) in [6, 6.07) is 8.24. The Labute approximate surface area is 164 Å². The number of carbonyl (C=O) groups is 1. The minimum absolute atomic E-state index is 0.00564. The number of thiazole rings is 1. The summed E-state index contributed by atoms with van der Waals surface area (Å²) in [5, 5.41) is 7.03. The van der Waals surface area contributed by atoms with Crippen molar-refractivity contribution in [3.05, 3.63) is 53.6 Å². The van der Waals surface area contributed by atoms with Crippen LogP contribution in [0.2, 0.25) is 0 Å². The number of benzene rings is 2. The summed E-state index contributed by atoms with van der Waals surface area (Å²) in [5.74, 6) is -0.831. The molecule has 4 rings (SSSR count). The van der Waals surface area contributed by atoms with E-state index in [4.69, 9.17) is 4.74 Å². The SMILES string of the molecule is COc1ccc(F)cc1C(=O)N[C@@H]1CCC[C@@H]1Nc1nc2ccc(F)cc2s1. The fourth-order valence-corrected chi connectivity index (χ4v) is 4.48. The first-order chi connectivity index (χ1) is 13.5. The van der Waals surface area contributed by atoms with Crippen LogP contribution in [0, 0.1) is 11.6 Å². The average molecular weight is 403 g/mol. The average Bonchev–Trinajstić information content (AvgIpc) is 3.27. The molecule has 1 heterocycles. The van der Waals surface area contributed by atoms with Gasteiger partial charge in [0.25, 0.3) is 5.91 Å². The van der Waals surface area contributed by atoms with Gasteiger partial charge in [-0.25, -0.2) is 13.8 Å². The Bertz CT molecular complexity index is 1020. The second-order valence-corrected chi connectivity index (χ2v) is 7.77. The third-order valence-electron chi connectivity index (χ3n) is 4.90. The van der Waals surface area contributed by atoms with Gasteiger partial charge in [0.1, 0.15) is 17.4 Å². The molecule has 2 atom stereocenters. The third-order valence-corrected chi connectivity index (χ3v) is 5.85. The predicted octanol–water partition coefficient (Wildman–Crippen LogP) is 4.35. The first-order valence-corrected chi connectivity index (χ1v) is 9.82. The van der Waals surface area contributed by atoms with Crippen LogP contribution in [0.15, 0.2) is 36.4 Å². The number of amides is 1. The molecule has 2 aromatic carbocycles. The van der Waals surface area contributed by atoms with Crippen molar-refractivity contribution < 1.29 is 18.3 Å². The highest BCUT2D eigenvalue weighted by Crippen LogP contribution is 2.30. The van der Waals surface area contributed by atoms with E-state index in [2.05, 4.69) is 15.6 Å². The Morgan fingerprint density at radius 1 is 1.14 bits per heavy atom. The number of anilines is 1. The molecule has 8 heteroatoms. The molecule has 0 unspecified atom stereocenters. The molecule has 2 N–H and O–H groups in total. The van der Waals surface area contributed by atoms with Crippen molar-refractivity contribution in [2.24, 2.45) is 0 Å². The van der Waals surface area contributed by atoms with Crippen molar-refractivity contribution in [1.82, 2.24) is 10.3 Å². The zero-order chi connectivity index (χ0) is 19.7. The number of hydrogen-bond donors (Lipinski definition) is 2. The van der Waals surface area contributed by atoms with Crippen LogP contribution in [0.3, 0.4) is 0 Å². The minimum Gasteiger partial charge on any atom is -0.496 e. The molecular weight excluding hydrogens is 384 g/mol. The van der Waals surface area contributed by atoms with Crippen LogP contribution in [-0.2, 0) is 0 Å². The number of ether oxygens (including phenoxy) is 1. The molecule has 1 amide bonds. The lowest BCUT2D eigenvalue weighted by Gasteiger charge is -2.22. The van der Waals surface area contributed by atoms with Gasteiger partial charge in [-0.15, -0.1) is 0 Å². The van der Waals surface area contributed by atoms with E-state index in [-0.39, 0.29) is 29.4 Å². The van der Waals surface area contributed by atoms with E-state index < -0.39 is 5.82 Å². The Hall–Kier alpha value is -2.74. The van der Waals surface area contributed by atoms with E-state index >= 15 is 0 Å². The second-order valence-electron chi connectivity index (χ2n) is 6.74. The van der Waals surface area contributed by atoms with E-state index in [0.717, 1.165) is 29.5 Å². The molecule has 0 saturated heterocycles. The molecule has 0 radical (unpaired) electrons. The summed E-state index contributed by atoms with van der Waals surface area (Å²) in [6.07, 6.45) is 2.62. The monoisotopic (exact) mass is 403 g/mol. The highest BCUT2D eigenvalue weighted by Gasteiger charge is 2.30. The van der Waals surface area contributed by atoms with E-state index in [1.54, 1.807) is 6.07 Å². The summed E-state index contributed by atoms with van der Waals surface area (Å²) in [5.41, 5.74) is 0.903. The molecule has 146 valence electrons. The van der Waals surface area contributed by atoms with Crippen LogP contribution in [0.5, 0.6) is 5.75 Å². The maximum Gasteiger partial charge on any atom is 0.255 e. The number of carbonyl (C=O) groups excluding carboxylic acids is 1. The van der Waals surface area contributed by atoms with Crippen LogP contribution >= 0.6 is 11.3 Å². The van der Waals surface area contributed by atoms with Gasteiger partial charge in [-0.2, -0.15) is 0 Å². The number of methoxy groups -OCH3 is 1. The van der Waals surface area contributed by atoms with Gasteiger partial charge >= 0.3 is 0 Å². The molecule has 1 aromatic heterocycles. The quantitative estimate of drug-likeness (QED) is 0.665. The van der Waals surface area contributed by atoms with Gasteiger partial charge < -0.3 is 15.4 Å². The molecule has 28 heavy (non-hydrogen) atoms. The van der Waals surface area contributed by atoms with Crippen molar-refractivity contribution in [2.75, 3.05) is 12.4 Å². The first kappa shape index (κ1) is 18.6. The normalized spacial score (nSPS) is 19.0. The Kier molecular flexibility index (Phi) is 5.13. The molecule has 5 nitrogen and oxygen atoms in total. The highest BCUT2D eigenvalue weighted by atomic mass is 32.1. The first-order valence-electron chi connectivity index (χ1n) is 9.00. The molecular formula is C20H19F2N3O2S. The zero-order valence-electron chi connectivity index (χ0n) is 15.2. The summed E-state index contributed by atoms with van der Waals surface area (Å²) in [7, 11) is 1.44. The minimum atomic E-state index is -0.492. The number of halogens is 2. The van der Waals surface area contributed by atoms with Crippen molar-refractivity contribution in [3.63, 3.8) is 0 Å². The predicted molar refractivity (Wildman–Crippen MR) is 105 cm³/mol. The van der Waals surface area contributed by atoms with E-state index in [9.17, 15) is 13.6 Å². The van der Waals surface area contributed by atoms with Crippen molar-refractivity contribution >= 4 is 32.6 Å². The smallest absolute Gasteiger partial charge is 0.255 e. The zero-order valence-corrected chi connectivity index (χ0v) is 16.0. The Morgan fingerprint density at radius 3 is 2.71 bits per heavy atom. The van der Waals surface area contributed by atoms with Gasteiger partial charge in [-0.3, -0.25) is 4.79 Å². The van der Waals surface area contributed by atoms with Gasteiger partial charge in [0.05, 0.1) is 22.9 Å². The standard InChI is InChI=1S/C20H19F2N3O2S/c1-27-17-8-6-11(21)9-13(17)19(26)23-14-3-2-4-15(14)24-20-25-16-7-5-12(22)10-18(16)28-20/h5-10,14-15H,2-4H2,1H3,(H,23,26)(H,24,25)/t14-,15+/m1/s1. The van der Waals surface area contributed by atoms with Crippen molar-refractivity contribution in [3.8, 4) is 5.75 Å². The van der Waals surface area contributed by atoms with Crippen LogP contribution < -0.4 is 15.4 Å². The molecule has 1 aliphatic rings. The number of nitrogens with zero attached hydrogens (tertiary/aromatic N) is 1.